The minimum absolute atomic E-state index is 0.0127. The first kappa shape index (κ1) is 10.9. The van der Waals surface area contributed by atoms with E-state index in [1.54, 1.807) is 6.07 Å². The van der Waals surface area contributed by atoms with Gasteiger partial charge in [-0.15, -0.1) is 0 Å². The molecule has 1 N–H and O–H groups in total. The Hall–Kier alpha value is -2.22. The predicted octanol–water partition coefficient (Wildman–Crippen LogP) is 1.06. The highest BCUT2D eigenvalue weighted by molar-refractivity contribution is 5.95. The van der Waals surface area contributed by atoms with Gasteiger partial charge in [0.15, 0.2) is 0 Å². The molecule has 1 aromatic carbocycles. The van der Waals surface area contributed by atoms with E-state index < -0.39 is 5.97 Å². The van der Waals surface area contributed by atoms with Gasteiger partial charge >= 0.3 is 5.97 Å². The Balaban J connectivity index is 3.39. The molecule has 1 rings (SSSR count). The van der Waals surface area contributed by atoms with Crippen molar-refractivity contribution in [2.45, 2.75) is 0 Å². The number of methoxy groups -OCH3 is 2. The summed E-state index contributed by atoms with van der Waals surface area (Å²) in [5, 5.41) is 18.3. The first-order valence-electron chi connectivity index (χ1n) is 4.03. The molecule has 0 spiro atoms. The predicted molar refractivity (Wildman–Crippen MR) is 50.7 cm³/mol. The van der Waals surface area contributed by atoms with Gasteiger partial charge in [0.05, 0.1) is 19.8 Å². The van der Waals surface area contributed by atoms with E-state index in [1.165, 1.54) is 26.4 Å². The molecule has 1 aromatic rings. The second-order valence-corrected chi connectivity index (χ2v) is 2.67. The number of phenols is 1. The van der Waals surface area contributed by atoms with Crippen molar-refractivity contribution in [2.24, 2.45) is 0 Å². The van der Waals surface area contributed by atoms with Gasteiger partial charge in [-0.25, -0.2) is 4.79 Å². The molecule has 0 aliphatic carbocycles. The lowest BCUT2D eigenvalue weighted by Gasteiger charge is -2.07. The summed E-state index contributed by atoms with van der Waals surface area (Å²) in [6.07, 6.45) is 0. The summed E-state index contributed by atoms with van der Waals surface area (Å²) in [5.74, 6) is -0.791. The van der Waals surface area contributed by atoms with E-state index >= 15 is 0 Å². The van der Waals surface area contributed by atoms with Gasteiger partial charge in [0.25, 0.3) is 0 Å². The number of benzene rings is 1. The summed E-state index contributed by atoms with van der Waals surface area (Å²) in [6, 6.07) is 4.38. The van der Waals surface area contributed by atoms with Gasteiger partial charge in [-0.2, -0.15) is 5.26 Å². The van der Waals surface area contributed by atoms with Crippen LogP contribution in [0.1, 0.15) is 15.9 Å². The third kappa shape index (κ3) is 1.99. The number of hydrogen-bond donors (Lipinski definition) is 1. The third-order valence-corrected chi connectivity index (χ3v) is 1.84. The van der Waals surface area contributed by atoms with E-state index in [0.717, 1.165) is 0 Å². The number of aromatic hydroxyl groups is 1. The zero-order chi connectivity index (χ0) is 11.4. The average Bonchev–Trinajstić information content (AvgIpc) is 2.26. The molecule has 15 heavy (non-hydrogen) atoms. The van der Waals surface area contributed by atoms with Gasteiger partial charge in [0, 0.05) is 6.07 Å². The van der Waals surface area contributed by atoms with Crippen molar-refractivity contribution >= 4 is 5.97 Å². The number of rotatable bonds is 2. The van der Waals surface area contributed by atoms with Crippen LogP contribution < -0.4 is 4.74 Å². The van der Waals surface area contributed by atoms with E-state index in [1.807, 2.05) is 0 Å². The van der Waals surface area contributed by atoms with E-state index in [4.69, 9.17) is 10.00 Å². The molecule has 0 aliphatic rings. The van der Waals surface area contributed by atoms with Crippen LogP contribution in [0.25, 0.3) is 0 Å². The Morgan fingerprint density at radius 2 is 2.13 bits per heavy atom. The Morgan fingerprint density at radius 1 is 1.47 bits per heavy atom. The summed E-state index contributed by atoms with van der Waals surface area (Å²) in [7, 11) is 2.57. The van der Waals surface area contributed by atoms with Gasteiger partial charge in [0.2, 0.25) is 0 Å². The Labute approximate surface area is 86.5 Å². The number of nitriles is 1. The number of esters is 1. The Bertz CT molecular complexity index is 434. The van der Waals surface area contributed by atoms with Crippen LogP contribution in [0.15, 0.2) is 12.1 Å². The maximum Gasteiger partial charge on any atom is 0.343 e. The van der Waals surface area contributed by atoms with Gasteiger partial charge < -0.3 is 14.6 Å². The fourth-order valence-electron chi connectivity index (χ4n) is 1.12. The van der Waals surface area contributed by atoms with Crippen LogP contribution in [0.2, 0.25) is 0 Å². The number of carbonyl (C=O) groups is 1. The Morgan fingerprint density at radius 3 is 2.60 bits per heavy atom. The van der Waals surface area contributed by atoms with Crippen LogP contribution in [-0.4, -0.2) is 25.3 Å². The van der Waals surface area contributed by atoms with E-state index in [2.05, 4.69) is 4.74 Å². The summed E-state index contributed by atoms with van der Waals surface area (Å²) >= 11 is 0. The zero-order valence-electron chi connectivity index (χ0n) is 8.27. The quantitative estimate of drug-likeness (QED) is 0.733. The van der Waals surface area contributed by atoms with Crippen molar-refractivity contribution in [3.63, 3.8) is 0 Å². The first-order chi connectivity index (χ1) is 7.13. The number of ether oxygens (including phenoxy) is 2. The summed E-state index contributed by atoms with van der Waals surface area (Å²) in [4.78, 5) is 11.2. The van der Waals surface area contributed by atoms with Crippen LogP contribution in [-0.2, 0) is 4.74 Å². The summed E-state index contributed by atoms with van der Waals surface area (Å²) in [5.41, 5.74) is -0.139. The maximum atomic E-state index is 11.2. The molecular formula is C10H9NO4. The van der Waals surface area contributed by atoms with Crippen molar-refractivity contribution < 1.29 is 19.4 Å². The van der Waals surface area contributed by atoms with E-state index in [0.29, 0.717) is 5.75 Å². The number of carbonyl (C=O) groups excluding carboxylic acids is 1. The lowest BCUT2D eigenvalue weighted by Crippen LogP contribution is -2.05. The number of nitrogens with zero attached hydrogens (tertiary/aromatic N) is 1. The van der Waals surface area contributed by atoms with Gasteiger partial charge in [0.1, 0.15) is 23.1 Å². The molecule has 0 unspecified atom stereocenters. The molecule has 5 heteroatoms. The monoisotopic (exact) mass is 207 g/mol. The van der Waals surface area contributed by atoms with Crippen LogP contribution in [0.3, 0.4) is 0 Å². The molecule has 5 nitrogen and oxygen atoms in total. The molecule has 0 fully saturated rings. The third-order valence-electron chi connectivity index (χ3n) is 1.84. The molecule has 0 radical (unpaired) electrons. The fourth-order valence-corrected chi connectivity index (χ4v) is 1.12. The van der Waals surface area contributed by atoms with Crippen molar-refractivity contribution in [3.8, 4) is 17.6 Å². The van der Waals surface area contributed by atoms with Crippen molar-refractivity contribution in [3.05, 3.63) is 23.3 Å². The number of hydrogen-bond acceptors (Lipinski definition) is 5. The van der Waals surface area contributed by atoms with Gasteiger partial charge in [-0.3, -0.25) is 0 Å². The molecule has 0 atom stereocenters. The highest BCUT2D eigenvalue weighted by atomic mass is 16.5. The van der Waals surface area contributed by atoms with Crippen molar-refractivity contribution in [1.82, 2.24) is 0 Å². The molecule has 0 aliphatic heterocycles. The van der Waals surface area contributed by atoms with E-state index in [9.17, 15) is 9.90 Å². The van der Waals surface area contributed by atoms with Gasteiger partial charge in [-0.1, -0.05) is 0 Å². The maximum absolute atomic E-state index is 11.2. The van der Waals surface area contributed by atoms with Crippen molar-refractivity contribution in [1.29, 1.82) is 5.26 Å². The van der Waals surface area contributed by atoms with Crippen LogP contribution in [0.5, 0.6) is 11.5 Å². The molecular weight excluding hydrogens is 198 g/mol. The fraction of sp³-hybridized carbons (Fsp3) is 0.200. The first-order valence-corrected chi connectivity index (χ1v) is 4.03. The van der Waals surface area contributed by atoms with Crippen LogP contribution in [0, 0.1) is 11.3 Å². The lowest BCUT2D eigenvalue weighted by molar-refractivity contribution is 0.0597. The topological polar surface area (TPSA) is 79.6 Å². The molecule has 0 bridgehead atoms. The smallest absolute Gasteiger partial charge is 0.343 e. The van der Waals surface area contributed by atoms with Crippen LogP contribution in [0.4, 0.5) is 0 Å². The molecule has 78 valence electrons. The van der Waals surface area contributed by atoms with Gasteiger partial charge in [-0.05, 0) is 6.07 Å². The highest BCUT2D eigenvalue weighted by Gasteiger charge is 2.18. The standard InChI is InChI=1S/C10H9NO4/c1-14-7-3-6(5-11)9(8(12)4-7)10(13)15-2/h3-4,12H,1-2H3. The second-order valence-electron chi connectivity index (χ2n) is 2.67. The average molecular weight is 207 g/mol. The lowest BCUT2D eigenvalue weighted by atomic mass is 10.1. The van der Waals surface area contributed by atoms with E-state index in [-0.39, 0.29) is 16.9 Å². The minimum Gasteiger partial charge on any atom is -0.507 e. The molecule has 0 amide bonds. The molecule has 0 aromatic heterocycles. The molecule has 0 saturated heterocycles. The minimum atomic E-state index is -0.758. The highest BCUT2D eigenvalue weighted by Crippen LogP contribution is 2.27. The SMILES string of the molecule is COC(=O)c1c(O)cc(OC)cc1C#N. The van der Waals surface area contributed by atoms with Crippen LogP contribution >= 0.6 is 0 Å². The molecule has 0 saturated carbocycles. The Kier molecular flexibility index (Phi) is 3.13. The largest absolute Gasteiger partial charge is 0.507 e. The zero-order valence-corrected chi connectivity index (χ0v) is 8.27. The summed E-state index contributed by atoms with van der Waals surface area (Å²) in [6.45, 7) is 0. The number of phenolic OH excluding ortho intramolecular Hbond substituents is 1. The second kappa shape index (κ2) is 4.33. The van der Waals surface area contributed by atoms with Crippen molar-refractivity contribution in [2.75, 3.05) is 14.2 Å². The molecule has 0 heterocycles. The summed E-state index contributed by atoms with van der Waals surface area (Å²) < 4.78 is 9.28. The normalized spacial score (nSPS) is 9.13.